The molecular formula is C17H36IN3O2. The number of hydrogen-bond acceptors (Lipinski definition) is 3. The average molecular weight is 441 g/mol. The molecule has 1 rings (SSSR count). The number of nitrogens with one attached hydrogen (secondary N) is 2. The maximum absolute atomic E-state index is 5.98. The molecule has 0 amide bonds. The number of ether oxygens (including phenoxy) is 2. The summed E-state index contributed by atoms with van der Waals surface area (Å²) in [6.45, 7) is 8.90. The summed E-state index contributed by atoms with van der Waals surface area (Å²) in [5.41, 5.74) is 0. The molecule has 0 aliphatic heterocycles. The fraction of sp³-hybridized carbons (Fsp3) is 0.941. The summed E-state index contributed by atoms with van der Waals surface area (Å²) >= 11 is 0. The quantitative estimate of drug-likeness (QED) is 0.180. The van der Waals surface area contributed by atoms with Crippen molar-refractivity contribution in [1.82, 2.24) is 10.6 Å². The summed E-state index contributed by atoms with van der Waals surface area (Å²) in [4.78, 5) is 4.54. The predicted octanol–water partition coefficient (Wildman–Crippen LogP) is 3.33. The summed E-state index contributed by atoms with van der Waals surface area (Å²) in [5, 5.41) is 6.60. The lowest BCUT2D eigenvalue weighted by Gasteiger charge is -2.16. The molecule has 138 valence electrons. The van der Waals surface area contributed by atoms with Crippen LogP contribution in [0, 0.1) is 0 Å². The van der Waals surface area contributed by atoms with Crippen molar-refractivity contribution in [1.29, 1.82) is 0 Å². The molecule has 1 aliphatic carbocycles. The highest BCUT2D eigenvalue weighted by molar-refractivity contribution is 14.0. The van der Waals surface area contributed by atoms with Crippen LogP contribution in [-0.4, -0.2) is 51.5 Å². The second-order valence-electron chi connectivity index (χ2n) is 5.72. The lowest BCUT2D eigenvalue weighted by molar-refractivity contribution is 0.0468. The van der Waals surface area contributed by atoms with Crippen LogP contribution < -0.4 is 10.6 Å². The minimum absolute atomic E-state index is 0. The Hall–Kier alpha value is -0.0800. The first-order valence-electron chi connectivity index (χ1n) is 9.08. The van der Waals surface area contributed by atoms with Crippen LogP contribution in [0.5, 0.6) is 0 Å². The lowest BCUT2D eigenvalue weighted by atomic mass is 10.1. The van der Waals surface area contributed by atoms with Gasteiger partial charge in [-0.2, -0.15) is 0 Å². The number of hydrogen-bond donors (Lipinski definition) is 2. The minimum atomic E-state index is 0. The summed E-state index contributed by atoms with van der Waals surface area (Å²) in [6, 6.07) is 0. The Bertz CT molecular complexity index is 283. The summed E-state index contributed by atoms with van der Waals surface area (Å²) in [7, 11) is 0. The Labute approximate surface area is 159 Å². The van der Waals surface area contributed by atoms with Gasteiger partial charge in [0.05, 0.1) is 12.7 Å². The van der Waals surface area contributed by atoms with Crippen LogP contribution in [-0.2, 0) is 9.47 Å². The zero-order chi connectivity index (χ0) is 15.9. The van der Waals surface area contributed by atoms with Crippen molar-refractivity contribution in [3.8, 4) is 0 Å². The van der Waals surface area contributed by atoms with Crippen molar-refractivity contribution in [2.45, 2.75) is 64.9 Å². The van der Waals surface area contributed by atoms with Crippen LogP contribution in [0.2, 0.25) is 0 Å². The highest BCUT2D eigenvalue weighted by Crippen LogP contribution is 2.19. The standard InChI is InChI=1S/C17H35N3O2.HI/c1-3-18-17(19-12-9-14-21-4-2)20-13-15-22-16-10-7-5-6-8-11-16;/h16H,3-15H2,1-2H3,(H2,18,19,20);1H. The highest BCUT2D eigenvalue weighted by atomic mass is 127. The van der Waals surface area contributed by atoms with Gasteiger partial charge in [-0.3, -0.25) is 4.99 Å². The molecule has 5 nitrogen and oxygen atoms in total. The highest BCUT2D eigenvalue weighted by Gasteiger charge is 2.11. The van der Waals surface area contributed by atoms with Gasteiger partial charge in [-0.1, -0.05) is 25.7 Å². The fourth-order valence-corrected chi connectivity index (χ4v) is 2.65. The van der Waals surface area contributed by atoms with Gasteiger partial charge in [0.25, 0.3) is 0 Å². The molecule has 0 saturated heterocycles. The van der Waals surface area contributed by atoms with Crippen molar-refractivity contribution in [2.24, 2.45) is 4.99 Å². The van der Waals surface area contributed by atoms with E-state index in [9.17, 15) is 0 Å². The van der Waals surface area contributed by atoms with Crippen LogP contribution in [0.1, 0.15) is 58.8 Å². The summed E-state index contributed by atoms with van der Waals surface area (Å²) < 4.78 is 11.3. The topological polar surface area (TPSA) is 54.9 Å². The molecule has 0 aromatic heterocycles. The molecule has 0 bridgehead atoms. The van der Waals surface area contributed by atoms with Gasteiger partial charge in [-0.05, 0) is 33.1 Å². The van der Waals surface area contributed by atoms with Crippen molar-refractivity contribution in [3.05, 3.63) is 0 Å². The van der Waals surface area contributed by atoms with E-state index in [1.54, 1.807) is 0 Å². The van der Waals surface area contributed by atoms with Gasteiger partial charge in [-0.15, -0.1) is 24.0 Å². The van der Waals surface area contributed by atoms with Gasteiger partial charge in [0.2, 0.25) is 0 Å². The average Bonchev–Trinajstić information content (AvgIpc) is 2.80. The monoisotopic (exact) mass is 441 g/mol. The van der Waals surface area contributed by atoms with Crippen LogP contribution in [0.15, 0.2) is 4.99 Å². The molecule has 2 N–H and O–H groups in total. The van der Waals surface area contributed by atoms with E-state index in [2.05, 4.69) is 22.5 Å². The molecule has 0 atom stereocenters. The van der Waals surface area contributed by atoms with Crippen molar-refractivity contribution in [2.75, 3.05) is 39.5 Å². The third kappa shape index (κ3) is 12.9. The smallest absolute Gasteiger partial charge is 0.191 e. The Morgan fingerprint density at radius 3 is 2.43 bits per heavy atom. The van der Waals surface area contributed by atoms with E-state index < -0.39 is 0 Å². The van der Waals surface area contributed by atoms with E-state index in [4.69, 9.17) is 9.47 Å². The number of guanidine groups is 1. The van der Waals surface area contributed by atoms with E-state index >= 15 is 0 Å². The molecule has 0 aromatic rings. The third-order valence-corrected chi connectivity index (χ3v) is 3.82. The van der Waals surface area contributed by atoms with E-state index in [1.807, 2.05) is 6.92 Å². The summed E-state index contributed by atoms with van der Waals surface area (Å²) in [5.74, 6) is 0.878. The summed E-state index contributed by atoms with van der Waals surface area (Å²) in [6.07, 6.45) is 9.27. The Morgan fingerprint density at radius 1 is 1.04 bits per heavy atom. The normalized spacial score (nSPS) is 16.5. The Kier molecular flexibility index (Phi) is 16.7. The molecule has 1 fully saturated rings. The van der Waals surface area contributed by atoms with E-state index in [1.165, 1.54) is 38.5 Å². The Morgan fingerprint density at radius 2 is 1.78 bits per heavy atom. The number of nitrogens with zero attached hydrogens (tertiary/aromatic N) is 1. The molecule has 0 unspecified atom stereocenters. The second kappa shape index (κ2) is 16.8. The molecule has 0 radical (unpaired) electrons. The van der Waals surface area contributed by atoms with Gasteiger partial charge in [0.1, 0.15) is 0 Å². The van der Waals surface area contributed by atoms with Crippen molar-refractivity contribution in [3.63, 3.8) is 0 Å². The molecule has 0 heterocycles. The largest absolute Gasteiger partial charge is 0.382 e. The maximum Gasteiger partial charge on any atom is 0.191 e. The van der Waals surface area contributed by atoms with Gasteiger partial charge < -0.3 is 20.1 Å². The maximum atomic E-state index is 5.98. The molecule has 1 saturated carbocycles. The first-order chi connectivity index (χ1) is 10.9. The van der Waals surface area contributed by atoms with Gasteiger partial charge >= 0.3 is 0 Å². The SMILES string of the molecule is CCNC(=NCCCOCC)NCCOC1CCCCCC1.I. The lowest BCUT2D eigenvalue weighted by Crippen LogP contribution is -2.39. The van der Waals surface area contributed by atoms with Gasteiger partial charge in [-0.25, -0.2) is 0 Å². The zero-order valence-corrected chi connectivity index (χ0v) is 17.3. The number of rotatable bonds is 10. The van der Waals surface area contributed by atoms with Gasteiger partial charge in [0, 0.05) is 32.8 Å². The molecule has 1 aliphatic rings. The second-order valence-corrected chi connectivity index (χ2v) is 5.72. The number of aliphatic imine (C=N–C) groups is 1. The molecular weight excluding hydrogens is 405 g/mol. The van der Waals surface area contributed by atoms with E-state index in [-0.39, 0.29) is 24.0 Å². The molecule has 23 heavy (non-hydrogen) atoms. The molecule has 6 heteroatoms. The Balaban J connectivity index is 0.00000484. The first kappa shape index (κ1) is 22.9. The number of halogens is 1. The molecule has 0 spiro atoms. The predicted molar refractivity (Wildman–Crippen MR) is 108 cm³/mol. The van der Waals surface area contributed by atoms with Crippen LogP contribution in [0.3, 0.4) is 0 Å². The van der Waals surface area contributed by atoms with Gasteiger partial charge in [0.15, 0.2) is 5.96 Å². The third-order valence-electron chi connectivity index (χ3n) is 3.82. The zero-order valence-electron chi connectivity index (χ0n) is 14.9. The van der Waals surface area contributed by atoms with E-state index in [0.717, 1.165) is 51.8 Å². The first-order valence-corrected chi connectivity index (χ1v) is 9.08. The fourth-order valence-electron chi connectivity index (χ4n) is 2.65. The van der Waals surface area contributed by atoms with Crippen LogP contribution in [0.25, 0.3) is 0 Å². The van der Waals surface area contributed by atoms with Crippen LogP contribution in [0.4, 0.5) is 0 Å². The van der Waals surface area contributed by atoms with Crippen LogP contribution >= 0.6 is 24.0 Å². The van der Waals surface area contributed by atoms with E-state index in [0.29, 0.717) is 6.10 Å². The molecule has 0 aromatic carbocycles. The van der Waals surface area contributed by atoms with Crippen molar-refractivity contribution >= 4 is 29.9 Å². The minimum Gasteiger partial charge on any atom is -0.382 e. The van der Waals surface area contributed by atoms with Crippen molar-refractivity contribution < 1.29 is 9.47 Å².